The molecule has 2 heterocycles. The number of hydrogen-bond donors (Lipinski definition) is 2. The number of sulfonamides is 1. The number of halogens is 1. The highest BCUT2D eigenvalue weighted by Crippen LogP contribution is 2.35. The van der Waals surface area contributed by atoms with Crippen LogP contribution in [-0.4, -0.2) is 29.7 Å². The lowest BCUT2D eigenvalue weighted by molar-refractivity contribution is 0.101. The number of rotatable bonds is 5. The molecule has 0 saturated heterocycles. The van der Waals surface area contributed by atoms with E-state index in [2.05, 4.69) is 9.71 Å². The number of Topliss-reactive ketones (excluding diaryl/α,β-unsaturated/α-hetero) is 1. The quantitative estimate of drug-likeness (QED) is 0.553. The summed E-state index contributed by atoms with van der Waals surface area (Å²) in [6, 6.07) is 7.81. The number of aromatic nitrogens is 1. The number of carbonyl (C=O) groups is 1. The number of aromatic hydroxyl groups is 1. The van der Waals surface area contributed by atoms with E-state index in [1.165, 1.54) is 41.8 Å². The summed E-state index contributed by atoms with van der Waals surface area (Å²) in [6.45, 7) is 1.66. The molecule has 2 N–H and O–H groups in total. The fourth-order valence-corrected chi connectivity index (χ4v) is 5.20. The molecule has 1 aliphatic carbocycles. The summed E-state index contributed by atoms with van der Waals surface area (Å²) in [5.41, 5.74) is -0.308. The average molecular weight is 469 g/mol. The Morgan fingerprint density at radius 1 is 1.24 bits per heavy atom. The second-order valence-electron chi connectivity index (χ2n) is 8.38. The van der Waals surface area contributed by atoms with Crippen molar-refractivity contribution in [1.82, 2.24) is 4.57 Å². The number of hydrogen-bond acceptors (Lipinski definition) is 6. The Morgan fingerprint density at radius 2 is 2.00 bits per heavy atom. The molecule has 33 heavy (non-hydrogen) atoms. The Balaban J connectivity index is 1.71. The van der Waals surface area contributed by atoms with E-state index in [-0.39, 0.29) is 38.7 Å². The van der Waals surface area contributed by atoms with E-state index in [0.29, 0.717) is 18.0 Å². The Hall–Kier alpha value is -3.53. The van der Waals surface area contributed by atoms with Crippen LogP contribution in [0, 0.1) is 11.7 Å². The van der Waals surface area contributed by atoms with E-state index in [1.54, 1.807) is 0 Å². The van der Waals surface area contributed by atoms with E-state index in [9.17, 15) is 27.5 Å². The highest BCUT2D eigenvalue weighted by atomic mass is 32.2. The summed E-state index contributed by atoms with van der Waals surface area (Å²) in [7, 11) is -4.28. The topological polar surface area (TPSA) is 118 Å². The molecule has 0 radical (unpaired) electrons. The normalized spacial score (nSPS) is 16.7. The first-order valence-electron chi connectivity index (χ1n) is 10.5. The second-order valence-corrected chi connectivity index (χ2v) is 9.95. The Morgan fingerprint density at radius 3 is 2.70 bits per heavy atom. The maximum absolute atomic E-state index is 14.0. The number of ketones is 1. The van der Waals surface area contributed by atoms with Gasteiger partial charge in [-0.3, -0.25) is 9.59 Å². The second kappa shape index (κ2) is 7.51. The molecule has 1 aromatic heterocycles. The first-order chi connectivity index (χ1) is 15.7. The van der Waals surface area contributed by atoms with Crippen molar-refractivity contribution in [2.45, 2.75) is 37.6 Å². The molecule has 1 saturated carbocycles. The van der Waals surface area contributed by atoms with Crippen molar-refractivity contribution in [3.05, 3.63) is 63.7 Å². The lowest BCUT2D eigenvalue weighted by Gasteiger charge is -2.21. The van der Waals surface area contributed by atoms with Gasteiger partial charge in [0.2, 0.25) is 0 Å². The smallest absolute Gasteiger partial charge is 0.286 e. The summed E-state index contributed by atoms with van der Waals surface area (Å²) in [4.78, 5) is 24.9. The maximum atomic E-state index is 14.0. The van der Waals surface area contributed by atoms with E-state index in [1.807, 2.05) is 0 Å². The van der Waals surface area contributed by atoms with Gasteiger partial charge in [0.1, 0.15) is 22.0 Å². The Labute approximate surface area is 188 Å². The van der Waals surface area contributed by atoms with Crippen LogP contribution in [0.15, 0.2) is 50.5 Å². The van der Waals surface area contributed by atoms with E-state index in [4.69, 9.17) is 0 Å². The molecule has 2 aliphatic rings. The van der Waals surface area contributed by atoms with Crippen LogP contribution in [0.3, 0.4) is 0 Å². The molecule has 1 fully saturated rings. The predicted molar refractivity (Wildman–Crippen MR) is 121 cm³/mol. The molecule has 0 bridgehead atoms. The number of anilines is 1. The van der Waals surface area contributed by atoms with Crippen LogP contribution in [-0.2, 0) is 16.6 Å². The number of pyridine rings is 1. The molecule has 0 amide bonds. The Bertz CT molecular complexity index is 1540. The van der Waals surface area contributed by atoms with Crippen molar-refractivity contribution < 1.29 is 22.7 Å². The minimum absolute atomic E-state index is 0.0834. The predicted octanol–water partition coefficient (Wildman–Crippen LogP) is 3.41. The van der Waals surface area contributed by atoms with Gasteiger partial charge < -0.3 is 15.0 Å². The van der Waals surface area contributed by atoms with Crippen molar-refractivity contribution in [2.24, 2.45) is 10.3 Å². The van der Waals surface area contributed by atoms with Gasteiger partial charge in [-0.25, -0.2) is 4.39 Å². The van der Waals surface area contributed by atoms with Crippen LogP contribution in [0.5, 0.6) is 5.75 Å². The SMILES string of the molecule is CC(=O)c1ccc2c(c1)S(=O)(=O)N=C(c1c(O)c3cc(F)ccc3n(CCC3CC3)c1=O)N2. The molecule has 10 heteroatoms. The van der Waals surface area contributed by atoms with E-state index >= 15 is 0 Å². The molecule has 0 atom stereocenters. The lowest BCUT2D eigenvalue weighted by Crippen LogP contribution is -2.33. The Kier molecular flexibility index (Phi) is 4.86. The van der Waals surface area contributed by atoms with Gasteiger partial charge in [-0.2, -0.15) is 8.42 Å². The average Bonchev–Trinajstić information content (AvgIpc) is 3.58. The maximum Gasteiger partial charge on any atom is 0.286 e. The van der Waals surface area contributed by atoms with Crippen LogP contribution < -0.4 is 10.9 Å². The van der Waals surface area contributed by atoms with Gasteiger partial charge in [0.25, 0.3) is 15.6 Å². The fraction of sp³-hybridized carbons (Fsp3) is 0.261. The zero-order chi connectivity index (χ0) is 23.5. The number of carbonyl (C=O) groups excluding carboxylic acids is 1. The molecule has 1 aliphatic heterocycles. The first-order valence-corrected chi connectivity index (χ1v) is 11.9. The third kappa shape index (κ3) is 3.70. The van der Waals surface area contributed by atoms with Crippen molar-refractivity contribution in [3.63, 3.8) is 0 Å². The minimum Gasteiger partial charge on any atom is -0.506 e. The highest BCUT2D eigenvalue weighted by molar-refractivity contribution is 7.90. The fourth-order valence-electron chi connectivity index (χ4n) is 4.05. The van der Waals surface area contributed by atoms with Crippen molar-refractivity contribution >= 4 is 38.2 Å². The van der Waals surface area contributed by atoms with Gasteiger partial charge in [0, 0.05) is 17.5 Å². The third-order valence-electron chi connectivity index (χ3n) is 6.03. The number of nitrogens with one attached hydrogen (secondary N) is 1. The molecule has 2 aromatic carbocycles. The molecule has 8 nitrogen and oxygen atoms in total. The van der Waals surface area contributed by atoms with Crippen LogP contribution in [0.2, 0.25) is 0 Å². The van der Waals surface area contributed by atoms with Gasteiger partial charge >= 0.3 is 0 Å². The number of aryl methyl sites for hydroxylation is 1. The standard InChI is InChI=1S/C23H20FN3O5S/c1-12(28)14-4-6-17-19(10-14)33(31,32)26-22(25-17)20-21(29)16-11-15(24)5-7-18(16)27(23(20)30)9-8-13-2-3-13/h4-7,10-11,13,29H,2-3,8-9H2,1H3,(H,25,26). The number of amidine groups is 1. The summed E-state index contributed by atoms with van der Waals surface area (Å²) in [6.07, 6.45) is 2.90. The molecule has 0 unspecified atom stereocenters. The summed E-state index contributed by atoms with van der Waals surface area (Å²) in [5, 5.41) is 13.8. The summed E-state index contributed by atoms with van der Waals surface area (Å²) >= 11 is 0. The zero-order valence-corrected chi connectivity index (χ0v) is 18.4. The van der Waals surface area contributed by atoms with E-state index in [0.717, 1.165) is 25.3 Å². The first kappa shape index (κ1) is 21.3. The third-order valence-corrected chi connectivity index (χ3v) is 7.34. The molecule has 0 spiro atoms. The lowest BCUT2D eigenvalue weighted by atomic mass is 10.1. The zero-order valence-electron chi connectivity index (χ0n) is 17.6. The molecule has 5 rings (SSSR count). The highest BCUT2D eigenvalue weighted by Gasteiger charge is 2.31. The number of nitrogens with zero attached hydrogens (tertiary/aromatic N) is 2. The van der Waals surface area contributed by atoms with Crippen molar-refractivity contribution in [1.29, 1.82) is 0 Å². The molecule has 3 aromatic rings. The van der Waals surface area contributed by atoms with Crippen LogP contribution in [0.1, 0.15) is 42.1 Å². The van der Waals surface area contributed by atoms with Crippen molar-refractivity contribution in [3.8, 4) is 5.75 Å². The number of benzene rings is 2. The summed E-state index contributed by atoms with van der Waals surface area (Å²) < 4.78 is 44.9. The van der Waals surface area contributed by atoms with Gasteiger partial charge in [0.05, 0.1) is 11.2 Å². The summed E-state index contributed by atoms with van der Waals surface area (Å²) in [5.74, 6) is -1.31. The van der Waals surface area contributed by atoms with E-state index < -0.39 is 27.1 Å². The van der Waals surface area contributed by atoms with Crippen LogP contribution in [0.25, 0.3) is 10.9 Å². The molecular weight excluding hydrogens is 449 g/mol. The van der Waals surface area contributed by atoms with Crippen molar-refractivity contribution in [2.75, 3.05) is 5.32 Å². The minimum atomic E-state index is -4.28. The van der Waals surface area contributed by atoms with Crippen LogP contribution in [0.4, 0.5) is 10.1 Å². The largest absolute Gasteiger partial charge is 0.506 e. The monoisotopic (exact) mass is 469 g/mol. The van der Waals surface area contributed by atoms with Gasteiger partial charge in [0.15, 0.2) is 11.6 Å². The van der Waals surface area contributed by atoms with Gasteiger partial charge in [-0.05, 0) is 55.7 Å². The van der Waals surface area contributed by atoms with Gasteiger partial charge in [-0.15, -0.1) is 4.40 Å². The molecule has 170 valence electrons. The van der Waals surface area contributed by atoms with Crippen LogP contribution >= 0.6 is 0 Å². The van der Waals surface area contributed by atoms with Gasteiger partial charge in [-0.1, -0.05) is 12.8 Å². The molecular formula is C23H20FN3O5S. The number of fused-ring (bicyclic) bond motifs is 2.